The molecule has 1 rings (SSSR count). The van der Waals surface area contributed by atoms with Crippen molar-refractivity contribution in [3.8, 4) is 0 Å². The summed E-state index contributed by atoms with van der Waals surface area (Å²) in [5.41, 5.74) is 2.67. The minimum Gasteiger partial charge on any atom is -0.377 e. The van der Waals surface area contributed by atoms with Crippen LogP contribution in [0.4, 0.5) is 0 Å². The lowest BCUT2D eigenvalue weighted by molar-refractivity contribution is -0.0597. The number of ether oxygens (including phenoxy) is 4. The predicted molar refractivity (Wildman–Crippen MR) is 52.4 cm³/mol. The Labute approximate surface area is 89.7 Å². The molecule has 0 aromatic carbocycles. The average molecular weight is 221 g/mol. The molecule has 0 unspecified atom stereocenters. The van der Waals surface area contributed by atoms with Crippen LogP contribution in [0, 0.1) is 0 Å². The van der Waals surface area contributed by atoms with Crippen molar-refractivity contribution < 1.29 is 23.8 Å². The summed E-state index contributed by atoms with van der Waals surface area (Å²) in [6.45, 7) is 4.89. The highest BCUT2D eigenvalue weighted by molar-refractivity contribution is 4.35. The summed E-state index contributed by atoms with van der Waals surface area (Å²) in [6.07, 6.45) is 0. The molecule has 1 aliphatic rings. The predicted octanol–water partition coefficient (Wildman–Crippen LogP) is -0.455. The molecule has 0 radical (unpaired) electrons. The number of rotatable bonds is 0. The Balaban J connectivity index is 2.01. The highest BCUT2D eigenvalue weighted by Crippen LogP contribution is 1.83. The van der Waals surface area contributed by atoms with Gasteiger partial charge in [-0.05, 0) is 0 Å². The maximum Gasteiger partial charge on any atom is 0.119 e. The van der Waals surface area contributed by atoms with E-state index >= 15 is 0 Å². The first-order valence-corrected chi connectivity index (χ1v) is 5.16. The lowest BCUT2D eigenvalue weighted by Crippen LogP contribution is -2.22. The van der Waals surface area contributed by atoms with E-state index in [1.807, 2.05) is 0 Å². The van der Waals surface area contributed by atoms with Crippen molar-refractivity contribution in [2.24, 2.45) is 0 Å². The molecule has 0 aromatic heterocycles. The van der Waals surface area contributed by atoms with Gasteiger partial charge in [0.1, 0.15) is 6.73 Å². The topological polar surface area (TPSA) is 58.2 Å². The van der Waals surface area contributed by atoms with E-state index in [4.69, 9.17) is 23.8 Å². The lowest BCUT2D eigenvalue weighted by atomic mass is 10.7. The Hall–Kier alpha value is -0.240. The molecule has 15 heavy (non-hydrogen) atoms. The van der Waals surface area contributed by atoms with E-state index in [0.29, 0.717) is 59.6 Å². The van der Waals surface area contributed by atoms with Gasteiger partial charge in [-0.15, -0.1) is 0 Å². The Morgan fingerprint density at radius 3 is 1.60 bits per heavy atom. The molecule has 0 atom stereocenters. The van der Waals surface area contributed by atoms with Gasteiger partial charge in [-0.25, -0.2) is 0 Å². The van der Waals surface area contributed by atoms with Crippen LogP contribution in [-0.4, -0.2) is 59.6 Å². The molecule has 0 saturated carbocycles. The lowest BCUT2D eigenvalue weighted by Gasteiger charge is -2.06. The van der Waals surface area contributed by atoms with Crippen LogP contribution in [0.5, 0.6) is 0 Å². The molecule has 6 heteroatoms. The molecule has 0 spiro atoms. The van der Waals surface area contributed by atoms with Gasteiger partial charge in [-0.3, -0.25) is 4.84 Å². The van der Waals surface area contributed by atoms with Gasteiger partial charge < -0.3 is 18.9 Å². The summed E-state index contributed by atoms with van der Waals surface area (Å²) in [4.78, 5) is 5.03. The van der Waals surface area contributed by atoms with Crippen molar-refractivity contribution in [2.45, 2.75) is 0 Å². The third-order valence-electron chi connectivity index (χ3n) is 1.71. The van der Waals surface area contributed by atoms with Crippen molar-refractivity contribution >= 4 is 0 Å². The zero-order valence-electron chi connectivity index (χ0n) is 8.91. The molecule has 0 amide bonds. The van der Waals surface area contributed by atoms with Gasteiger partial charge in [0.15, 0.2) is 0 Å². The van der Waals surface area contributed by atoms with E-state index in [1.54, 1.807) is 0 Å². The van der Waals surface area contributed by atoms with E-state index in [9.17, 15) is 0 Å². The molecule has 1 fully saturated rings. The number of hydroxylamine groups is 1. The fraction of sp³-hybridized carbons (Fsp3) is 1.00. The summed E-state index contributed by atoms with van der Waals surface area (Å²) in [6, 6.07) is 0. The fourth-order valence-electron chi connectivity index (χ4n) is 0.988. The minimum atomic E-state index is 0.361. The molecule has 1 saturated heterocycles. The smallest absolute Gasteiger partial charge is 0.119 e. The summed E-state index contributed by atoms with van der Waals surface area (Å²) >= 11 is 0. The maximum atomic E-state index is 5.26. The third-order valence-corrected chi connectivity index (χ3v) is 1.71. The fourth-order valence-corrected chi connectivity index (χ4v) is 0.988. The Bertz CT molecular complexity index is 77.1. The van der Waals surface area contributed by atoms with Gasteiger partial charge in [0.05, 0.1) is 52.9 Å². The molecular formula is C9H19NO5. The second kappa shape index (κ2) is 10.3. The van der Waals surface area contributed by atoms with E-state index in [1.165, 1.54) is 0 Å². The summed E-state index contributed by atoms with van der Waals surface area (Å²) < 4.78 is 20.9. The molecule has 1 N–H and O–H groups in total. The molecule has 6 nitrogen and oxygen atoms in total. The second-order valence-electron chi connectivity index (χ2n) is 2.88. The molecule has 0 aliphatic carbocycles. The maximum absolute atomic E-state index is 5.26. The second-order valence-corrected chi connectivity index (χ2v) is 2.88. The highest BCUT2D eigenvalue weighted by Gasteiger charge is 1.94. The summed E-state index contributed by atoms with van der Waals surface area (Å²) in [5.74, 6) is 0. The van der Waals surface area contributed by atoms with Gasteiger partial charge in [-0.1, -0.05) is 0 Å². The summed E-state index contributed by atoms with van der Waals surface area (Å²) in [7, 11) is 0. The number of hydrogen-bond donors (Lipinski definition) is 1. The first-order chi connectivity index (χ1) is 7.50. The van der Waals surface area contributed by atoms with Crippen molar-refractivity contribution in [1.29, 1.82) is 0 Å². The van der Waals surface area contributed by atoms with E-state index in [2.05, 4.69) is 5.48 Å². The van der Waals surface area contributed by atoms with E-state index in [-0.39, 0.29) is 0 Å². The van der Waals surface area contributed by atoms with E-state index < -0.39 is 0 Å². The van der Waals surface area contributed by atoms with Crippen molar-refractivity contribution in [3.05, 3.63) is 0 Å². The molecule has 0 aromatic rings. The average Bonchev–Trinajstić information content (AvgIpc) is 2.27. The molecule has 1 aliphatic heterocycles. The number of nitrogens with one attached hydrogen (secondary N) is 1. The van der Waals surface area contributed by atoms with Crippen LogP contribution in [0.3, 0.4) is 0 Å². The van der Waals surface area contributed by atoms with Crippen LogP contribution in [0.25, 0.3) is 0 Å². The Morgan fingerprint density at radius 1 is 0.533 bits per heavy atom. The summed E-state index contributed by atoms with van der Waals surface area (Å²) in [5, 5.41) is 0. The monoisotopic (exact) mass is 221 g/mol. The molecular weight excluding hydrogens is 202 g/mol. The minimum absolute atomic E-state index is 0.361. The van der Waals surface area contributed by atoms with Gasteiger partial charge in [0, 0.05) is 0 Å². The third kappa shape index (κ3) is 8.73. The first kappa shape index (κ1) is 12.8. The van der Waals surface area contributed by atoms with Crippen LogP contribution in [0.1, 0.15) is 0 Å². The van der Waals surface area contributed by atoms with Crippen molar-refractivity contribution in [1.82, 2.24) is 5.48 Å². The van der Waals surface area contributed by atoms with Crippen LogP contribution >= 0.6 is 0 Å². The SMILES string of the molecule is C1COCCOCNOCCOCCO1. The largest absolute Gasteiger partial charge is 0.377 e. The standard InChI is InChI=1S/C9H19NO5/c1-2-12-5-6-14-9-10-15-8-7-13-4-3-11-1/h10H,1-9H2. The molecule has 1 heterocycles. The highest BCUT2D eigenvalue weighted by atomic mass is 16.7. The number of hydrogen-bond acceptors (Lipinski definition) is 6. The van der Waals surface area contributed by atoms with Crippen molar-refractivity contribution in [3.63, 3.8) is 0 Å². The molecule has 0 bridgehead atoms. The Kier molecular flexibility index (Phi) is 8.79. The van der Waals surface area contributed by atoms with E-state index in [0.717, 1.165) is 0 Å². The van der Waals surface area contributed by atoms with Crippen molar-refractivity contribution in [2.75, 3.05) is 59.6 Å². The zero-order valence-corrected chi connectivity index (χ0v) is 8.91. The zero-order chi connectivity index (χ0) is 10.6. The Morgan fingerprint density at radius 2 is 1.00 bits per heavy atom. The van der Waals surface area contributed by atoms with Crippen LogP contribution < -0.4 is 5.48 Å². The normalized spacial score (nSPS) is 24.0. The van der Waals surface area contributed by atoms with Gasteiger partial charge >= 0.3 is 0 Å². The van der Waals surface area contributed by atoms with Crippen LogP contribution in [-0.2, 0) is 23.8 Å². The van der Waals surface area contributed by atoms with Crippen LogP contribution in [0.15, 0.2) is 0 Å². The van der Waals surface area contributed by atoms with Gasteiger partial charge in [0.25, 0.3) is 0 Å². The van der Waals surface area contributed by atoms with Crippen LogP contribution in [0.2, 0.25) is 0 Å². The quantitative estimate of drug-likeness (QED) is 0.597. The van der Waals surface area contributed by atoms with Gasteiger partial charge in [-0.2, -0.15) is 5.48 Å². The first-order valence-electron chi connectivity index (χ1n) is 5.16. The molecule has 90 valence electrons. The van der Waals surface area contributed by atoms with Gasteiger partial charge in [0.2, 0.25) is 0 Å².